The Hall–Kier alpha value is -0.810. The first-order chi connectivity index (χ1) is 8.34. The quantitative estimate of drug-likeness (QED) is 0.697. The molecule has 1 atom stereocenters. The monoisotopic (exact) mass is 258 g/mol. The number of aliphatic hydroxyl groups excluding tert-OH is 1. The second kappa shape index (κ2) is 6.38. The van der Waals surface area contributed by atoms with Crippen molar-refractivity contribution >= 4 is 6.09 Å². The molecule has 5 heteroatoms. The lowest BCUT2D eigenvalue weighted by Gasteiger charge is -2.38. The first-order valence-corrected chi connectivity index (χ1v) is 6.70. The van der Waals surface area contributed by atoms with Gasteiger partial charge in [-0.3, -0.25) is 0 Å². The lowest BCUT2D eigenvalue weighted by Crippen LogP contribution is -2.55. The van der Waals surface area contributed by atoms with E-state index in [0.29, 0.717) is 6.04 Å². The van der Waals surface area contributed by atoms with E-state index < -0.39 is 5.60 Å². The van der Waals surface area contributed by atoms with E-state index in [1.165, 1.54) is 0 Å². The van der Waals surface area contributed by atoms with Crippen molar-refractivity contribution in [1.82, 2.24) is 10.6 Å². The molecule has 18 heavy (non-hydrogen) atoms. The molecule has 1 amide bonds. The molecule has 1 aliphatic carbocycles. The van der Waals surface area contributed by atoms with Crippen LogP contribution in [-0.2, 0) is 4.74 Å². The van der Waals surface area contributed by atoms with Crippen molar-refractivity contribution in [2.24, 2.45) is 0 Å². The lowest BCUT2D eigenvalue weighted by molar-refractivity contribution is 0.0459. The van der Waals surface area contributed by atoms with Crippen molar-refractivity contribution in [3.63, 3.8) is 0 Å². The topological polar surface area (TPSA) is 70.6 Å². The van der Waals surface area contributed by atoms with Gasteiger partial charge in [0.1, 0.15) is 5.60 Å². The minimum atomic E-state index is -0.449. The molecule has 5 nitrogen and oxygen atoms in total. The number of hydrogen-bond acceptors (Lipinski definition) is 4. The zero-order valence-corrected chi connectivity index (χ0v) is 11.8. The molecule has 106 valence electrons. The van der Waals surface area contributed by atoms with Gasteiger partial charge in [-0.25, -0.2) is 4.79 Å². The summed E-state index contributed by atoms with van der Waals surface area (Å²) in [4.78, 5) is 11.5. The fraction of sp³-hybridized carbons (Fsp3) is 0.923. The first-order valence-electron chi connectivity index (χ1n) is 6.70. The van der Waals surface area contributed by atoms with E-state index in [4.69, 9.17) is 9.84 Å². The average molecular weight is 258 g/mol. The fourth-order valence-electron chi connectivity index (χ4n) is 1.98. The van der Waals surface area contributed by atoms with Crippen LogP contribution in [0.2, 0.25) is 0 Å². The number of amides is 1. The molecule has 1 saturated carbocycles. The molecule has 0 spiro atoms. The van der Waals surface area contributed by atoms with Gasteiger partial charge in [-0.05, 0) is 40.0 Å². The van der Waals surface area contributed by atoms with Crippen LogP contribution in [0.15, 0.2) is 0 Å². The van der Waals surface area contributed by atoms with Gasteiger partial charge in [0.2, 0.25) is 0 Å². The van der Waals surface area contributed by atoms with Gasteiger partial charge in [0.15, 0.2) is 0 Å². The zero-order valence-electron chi connectivity index (χ0n) is 11.8. The smallest absolute Gasteiger partial charge is 0.407 e. The molecule has 0 radical (unpaired) electrons. The molecule has 0 bridgehead atoms. The van der Waals surface area contributed by atoms with E-state index in [9.17, 15) is 4.79 Å². The van der Waals surface area contributed by atoms with Gasteiger partial charge in [-0.15, -0.1) is 0 Å². The summed E-state index contributed by atoms with van der Waals surface area (Å²) in [6.45, 7) is 7.76. The molecule has 1 aliphatic rings. The summed E-state index contributed by atoms with van der Waals surface area (Å²) in [6.07, 6.45) is 2.36. The molecule has 0 aromatic rings. The summed E-state index contributed by atoms with van der Waals surface area (Å²) >= 11 is 0. The SMILES string of the molecule is CC[C@H](CO)NC1CC(NC(=O)OC(C)(C)C)C1. The van der Waals surface area contributed by atoms with Gasteiger partial charge in [0, 0.05) is 18.1 Å². The van der Waals surface area contributed by atoms with Gasteiger partial charge in [-0.2, -0.15) is 0 Å². The van der Waals surface area contributed by atoms with E-state index >= 15 is 0 Å². The van der Waals surface area contributed by atoms with Crippen LogP contribution in [0.5, 0.6) is 0 Å². The van der Waals surface area contributed by atoms with Crippen molar-refractivity contribution < 1.29 is 14.6 Å². The maximum absolute atomic E-state index is 11.5. The van der Waals surface area contributed by atoms with Crippen LogP contribution in [0.1, 0.15) is 47.0 Å². The molecule has 1 fully saturated rings. The van der Waals surface area contributed by atoms with Gasteiger partial charge < -0.3 is 20.5 Å². The molecule has 1 rings (SSSR count). The fourth-order valence-corrected chi connectivity index (χ4v) is 1.98. The predicted molar refractivity (Wildman–Crippen MR) is 70.5 cm³/mol. The number of alkyl carbamates (subject to hydrolysis) is 1. The number of nitrogens with one attached hydrogen (secondary N) is 2. The summed E-state index contributed by atoms with van der Waals surface area (Å²) in [7, 11) is 0. The molecule has 3 N–H and O–H groups in total. The van der Waals surface area contributed by atoms with Crippen molar-refractivity contribution in [2.75, 3.05) is 6.61 Å². The van der Waals surface area contributed by atoms with E-state index in [0.717, 1.165) is 19.3 Å². The van der Waals surface area contributed by atoms with Crippen LogP contribution in [0.3, 0.4) is 0 Å². The Bertz CT molecular complexity index is 266. The minimum absolute atomic E-state index is 0.164. The predicted octanol–water partition coefficient (Wildman–Crippen LogP) is 1.40. The first kappa shape index (κ1) is 15.2. The Morgan fingerprint density at radius 1 is 1.39 bits per heavy atom. The Labute approximate surface area is 109 Å². The number of aliphatic hydroxyl groups is 1. The van der Waals surface area contributed by atoms with Crippen molar-refractivity contribution in [2.45, 2.75) is 70.7 Å². The van der Waals surface area contributed by atoms with E-state index in [1.807, 2.05) is 27.7 Å². The second-order valence-electron chi connectivity index (χ2n) is 5.97. The Balaban J connectivity index is 2.17. The highest BCUT2D eigenvalue weighted by atomic mass is 16.6. The largest absolute Gasteiger partial charge is 0.444 e. The number of hydrogen-bond donors (Lipinski definition) is 3. The van der Waals surface area contributed by atoms with Crippen LogP contribution in [0.4, 0.5) is 4.79 Å². The van der Waals surface area contributed by atoms with E-state index in [1.54, 1.807) is 0 Å². The summed E-state index contributed by atoms with van der Waals surface area (Å²) in [6, 6.07) is 0.744. The molecule has 0 unspecified atom stereocenters. The maximum Gasteiger partial charge on any atom is 0.407 e. The summed E-state index contributed by atoms with van der Waals surface area (Å²) in [5.41, 5.74) is -0.449. The van der Waals surface area contributed by atoms with Gasteiger partial charge in [-0.1, -0.05) is 6.92 Å². The van der Waals surface area contributed by atoms with E-state index in [2.05, 4.69) is 10.6 Å². The third-order valence-electron chi connectivity index (χ3n) is 3.04. The number of carbonyl (C=O) groups excluding carboxylic acids is 1. The summed E-state index contributed by atoms with van der Waals surface area (Å²) in [5.74, 6) is 0. The van der Waals surface area contributed by atoms with E-state index in [-0.39, 0.29) is 24.8 Å². The molecular weight excluding hydrogens is 232 g/mol. The van der Waals surface area contributed by atoms with Crippen LogP contribution < -0.4 is 10.6 Å². The van der Waals surface area contributed by atoms with Gasteiger partial charge in [0.05, 0.1) is 6.61 Å². The van der Waals surface area contributed by atoms with Crippen LogP contribution in [-0.4, -0.2) is 41.5 Å². The molecule has 0 saturated heterocycles. The van der Waals surface area contributed by atoms with Crippen LogP contribution in [0.25, 0.3) is 0 Å². The highest BCUT2D eigenvalue weighted by Crippen LogP contribution is 2.21. The van der Waals surface area contributed by atoms with Crippen molar-refractivity contribution in [3.05, 3.63) is 0 Å². The van der Waals surface area contributed by atoms with Crippen LogP contribution in [0, 0.1) is 0 Å². The summed E-state index contributed by atoms with van der Waals surface area (Å²) in [5, 5.41) is 15.3. The standard InChI is InChI=1S/C13H26N2O3/c1-5-9(8-16)14-10-6-11(7-10)15-12(17)18-13(2,3)4/h9-11,14,16H,5-8H2,1-4H3,(H,15,17)/t9-,10?,11?/m1/s1. The number of carbonyl (C=O) groups is 1. The van der Waals surface area contributed by atoms with Crippen LogP contribution >= 0.6 is 0 Å². The highest BCUT2D eigenvalue weighted by molar-refractivity contribution is 5.68. The third-order valence-corrected chi connectivity index (χ3v) is 3.04. The number of rotatable bonds is 5. The second-order valence-corrected chi connectivity index (χ2v) is 5.97. The van der Waals surface area contributed by atoms with Crippen molar-refractivity contribution in [3.8, 4) is 0 Å². The van der Waals surface area contributed by atoms with Crippen molar-refractivity contribution in [1.29, 1.82) is 0 Å². The zero-order chi connectivity index (χ0) is 13.8. The molecular formula is C13H26N2O3. The minimum Gasteiger partial charge on any atom is -0.444 e. The summed E-state index contributed by atoms with van der Waals surface area (Å²) < 4.78 is 5.19. The Kier molecular flexibility index (Phi) is 5.41. The molecule has 0 aromatic carbocycles. The molecule has 0 aromatic heterocycles. The average Bonchev–Trinajstić information content (AvgIpc) is 2.18. The molecule has 0 heterocycles. The Morgan fingerprint density at radius 2 is 2.00 bits per heavy atom. The van der Waals surface area contributed by atoms with Gasteiger partial charge >= 0.3 is 6.09 Å². The van der Waals surface area contributed by atoms with Gasteiger partial charge in [0.25, 0.3) is 0 Å². The third kappa shape index (κ3) is 5.23. The maximum atomic E-state index is 11.5. The Morgan fingerprint density at radius 3 is 2.44 bits per heavy atom. The highest BCUT2D eigenvalue weighted by Gasteiger charge is 2.32. The number of ether oxygens (including phenoxy) is 1. The lowest BCUT2D eigenvalue weighted by atomic mass is 9.86. The molecule has 0 aliphatic heterocycles. The normalized spacial score (nSPS) is 25.2.